The minimum Gasteiger partial charge on any atom is -0.389 e. The Labute approximate surface area is 135 Å². The van der Waals surface area contributed by atoms with Crippen molar-refractivity contribution >= 4 is 38.8 Å². The van der Waals surface area contributed by atoms with Gasteiger partial charge in [-0.15, -0.1) is 0 Å². The first kappa shape index (κ1) is 15.7. The summed E-state index contributed by atoms with van der Waals surface area (Å²) < 4.78 is 0.957. The van der Waals surface area contributed by atoms with Crippen molar-refractivity contribution in [3.05, 3.63) is 28.2 Å². The van der Waals surface area contributed by atoms with Crippen LogP contribution >= 0.6 is 28.1 Å². The molecule has 1 aliphatic rings. The Hall–Kier alpha value is -0.650. The highest BCUT2D eigenvalue weighted by molar-refractivity contribution is 9.10. The first-order chi connectivity index (χ1) is 9.60. The molecule has 1 aliphatic heterocycles. The molecule has 0 bridgehead atoms. The van der Waals surface area contributed by atoms with Crippen molar-refractivity contribution in [2.75, 3.05) is 25.0 Å². The van der Waals surface area contributed by atoms with Crippen LogP contribution in [0.4, 0.5) is 5.69 Å². The molecule has 5 heteroatoms. The summed E-state index contributed by atoms with van der Waals surface area (Å²) in [6, 6.07) is 6.65. The van der Waals surface area contributed by atoms with E-state index in [4.69, 9.17) is 18.0 Å². The standard InChI is InChI=1S/C15H22BrN3S/c1-2-7-19-8-5-11(6-9-19)18-12-3-4-13(15(17)20)14(16)10-12/h3-4,10-11,18H,2,5-9H2,1H3,(H2,17,20). The largest absolute Gasteiger partial charge is 0.389 e. The summed E-state index contributed by atoms with van der Waals surface area (Å²) in [5, 5.41) is 3.61. The van der Waals surface area contributed by atoms with Crippen molar-refractivity contribution in [2.24, 2.45) is 5.73 Å². The van der Waals surface area contributed by atoms with Crippen LogP contribution in [0.5, 0.6) is 0 Å². The summed E-state index contributed by atoms with van der Waals surface area (Å²) in [7, 11) is 0. The first-order valence-electron chi connectivity index (χ1n) is 7.18. The van der Waals surface area contributed by atoms with Gasteiger partial charge < -0.3 is 16.0 Å². The van der Waals surface area contributed by atoms with Crippen molar-refractivity contribution < 1.29 is 0 Å². The maximum absolute atomic E-state index is 5.67. The number of likely N-dealkylation sites (tertiary alicyclic amines) is 1. The van der Waals surface area contributed by atoms with Crippen molar-refractivity contribution in [2.45, 2.75) is 32.2 Å². The van der Waals surface area contributed by atoms with Crippen LogP contribution in [-0.2, 0) is 0 Å². The zero-order chi connectivity index (χ0) is 14.5. The zero-order valence-electron chi connectivity index (χ0n) is 11.9. The van der Waals surface area contributed by atoms with Crippen LogP contribution in [-0.4, -0.2) is 35.6 Å². The predicted octanol–water partition coefficient (Wildman–Crippen LogP) is 3.37. The number of nitrogens with two attached hydrogens (primary N) is 1. The average molecular weight is 356 g/mol. The lowest BCUT2D eigenvalue weighted by molar-refractivity contribution is 0.219. The molecule has 1 aromatic carbocycles. The molecule has 3 nitrogen and oxygen atoms in total. The molecule has 3 N–H and O–H groups in total. The van der Waals surface area contributed by atoms with Gasteiger partial charge in [0.15, 0.2) is 0 Å². The van der Waals surface area contributed by atoms with Crippen molar-refractivity contribution in [1.29, 1.82) is 0 Å². The number of nitrogens with zero attached hydrogens (tertiary/aromatic N) is 1. The van der Waals surface area contributed by atoms with Gasteiger partial charge in [-0.2, -0.15) is 0 Å². The molecule has 2 rings (SSSR count). The number of thiocarbonyl (C=S) groups is 1. The third-order valence-corrected chi connectivity index (χ3v) is 4.61. The van der Waals surface area contributed by atoms with Crippen LogP contribution < -0.4 is 11.1 Å². The van der Waals surface area contributed by atoms with E-state index in [0.29, 0.717) is 11.0 Å². The van der Waals surface area contributed by atoms with Gasteiger partial charge in [-0.05, 0) is 59.9 Å². The molecular formula is C15H22BrN3S. The lowest BCUT2D eigenvalue weighted by atomic mass is 10.0. The fraction of sp³-hybridized carbons (Fsp3) is 0.533. The maximum Gasteiger partial charge on any atom is 0.105 e. The van der Waals surface area contributed by atoms with Gasteiger partial charge >= 0.3 is 0 Å². The molecule has 1 aromatic rings. The highest BCUT2D eigenvalue weighted by atomic mass is 79.9. The number of hydrogen-bond acceptors (Lipinski definition) is 3. The fourth-order valence-corrected chi connectivity index (χ4v) is 3.56. The van der Waals surface area contributed by atoms with E-state index < -0.39 is 0 Å². The Morgan fingerprint density at radius 3 is 2.70 bits per heavy atom. The van der Waals surface area contributed by atoms with Gasteiger partial charge in [-0.25, -0.2) is 0 Å². The summed E-state index contributed by atoms with van der Waals surface area (Å²) in [6.45, 7) is 5.85. The Balaban J connectivity index is 1.91. The maximum atomic E-state index is 5.67. The predicted molar refractivity (Wildman–Crippen MR) is 93.4 cm³/mol. The monoisotopic (exact) mass is 355 g/mol. The average Bonchev–Trinajstić information content (AvgIpc) is 2.41. The van der Waals surface area contributed by atoms with E-state index in [1.54, 1.807) is 0 Å². The van der Waals surface area contributed by atoms with Crippen molar-refractivity contribution in [1.82, 2.24) is 4.90 Å². The highest BCUT2D eigenvalue weighted by Gasteiger charge is 2.18. The van der Waals surface area contributed by atoms with E-state index in [9.17, 15) is 0 Å². The van der Waals surface area contributed by atoms with Gasteiger partial charge in [0, 0.05) is 34.9 Å². The van der Waals surface area contributed by atoms with Gasteiger partial charge in [-0.3, -0.25) is 0 Å². The lowest BCUT2D eigenvalue weighted by Gasteiger charge is -2.32. The summed E-state index contributed by atoms with van der Waals surface area (Å²) in [4.78, 5) is 2.97. The minimum atomic E-state index is 0.427. The van der Waals surface area contributed by atoms with Crippen LogP contribution in [0.2, 0.25) is 0 Å². The fourth-order valence-electron chi connectivity index (χ4n) is 2.66. The summed E-state index contributed by atoms with van der Waals surface area (Å²) >= 11 is 8.54. The van der Waals surface area contributed by atoms with E-state index in [1.165, 1.54) is 38.9 Å². The minimum absolute atomic E-state index is 0.427. The second kappa shape index (κ2) is 7.38. The summed E-state index contributed by atoms with van der Waals surface area (Å²) in [6.07, 6.45) is 3.65. The Bertz CT molecular complexity index is 470. The summed E-state index contributed by atoms with van der Waals surface area (Å²) in [5.74, 6) is 0. The van der Waals surface area contributed by atoms with E-state index in [1.807, 2.05) is 6.07 Å². The SMILES string of the molecule is CCCN1CCC(Nc2ccc(C(N)=S)c(Br)c2)CC1. The first-order valence-corrected chi connectivity index (χ1v) is 8.38. The number of nitrogens with one attached hydrogen (secondary N) is 1. The third-order valence-electron chi connectivity index (χ3n) is 3.73. The Morgan fingerprint density at radius 1 is 1.45 bits per heavy atom. The van der Waals surface area contributed by atoms with Gasteiger partial charge in [0.2, 0.25) is 0 Å². The Morgan fingerprint density at radius 2 is 2.15 bits per heavy atom. The van der Waals surface area contributed by atoms with Gasteiger partial charge in [0.05, 0.1) is 0 Å². The van der Waals surface area contributed by atoms with E-state index in [-0.39, 0.29) is 0 Å². The van der Waals surface area contributed by atoms with Crippen molar-refractivity contribution in [3.63, 3.8) is 0 Å². The number of benzene rings is 1. The summed E-state index contributed by atoms with van der Waals surface area (Å²) in [5.41, 5.74) is 7.69. The van der Waals surface area contributed by atoms with Crippen molar-refractivity contribution in [3.8, 4) is 0 Å². The lowest BCUT2D eigenvalue weighted by Crippen LogP contribution is -2.39. The normalized spacial score (nSPS) is 17.1. The Kier molecular flexibility index (Phi) is 5.81. The topological polar surface area (TPSA) is 41.3 Å². The van der Waals surface area contributed by atoms with Crippen LogP contribution in [0.25, 0.3) is 0 Å². The molecule has 0 amide bonds. The molecule has 0 unspecified atom stereocenters. The number of anilines is 1. The number of hydrogen-bond donors (Lipinski definition) is 2. The molecule has 1 fully saturated rings. The molecule has 0 atom stereocenters. The van der Waals surface area contributed by atoms with E-state index >= 15 is 0 Å². The van der Waals surface area contributed by atoms with E-state index in [2.05, 4.69) is 45.2 Å². The molecular weight excluding hydrogens is 334 g/mol. The van der Waals surface area contributed by atoms with Gasteiger partial charge in [0.1, 0.15) is 4.99 Å². The smallest absolute Gasteiger partial charge is 0.105 e. The van der Waals surface area contributed by atoms with Gasteiger partial charge in [-0.1, -0.05) is 19.1 Å². The van der Waals surface area contributed by atoms with Crippen LogP contribution in [0.15, 0.2) is 22.7 Å². The number of rotatable bonds is 5. The molecule has 0 aromatic heterocycles. The second-order valence-corrected chi connectivity index (χ2v) is 6.61. The zero-order valence-corrected chi connectivity index (χ0v) is 14.3. The third kappa shape index (κ3) is 4.17. The molecule has 1 saturated heterocycles. The molecule has 0 saturated carbocycles. The quantitative estimate of drug-likeness (QED) is 0.794. The van der Waals surface area contributed by atoms with Crippen LogP contribution in [0.3, 0.4) is 0 Å². The van der Waals surface area contributed by atoms with Gasteiger partial charge in [0.25, 0.3) is 0 Å². The molecule has 0 spiro atoms. The second-order valence-electron chi connectivity index (χ2n) is 5.32. The van der Waals surface area contributed by atoms with Crippen LogP contribution in [0, 0.1) is 0 Å². The number of piperidine rings is 1. The van der Waals surface area contributed by atoms with Crippen LogP contribution in [0.1, 0.15) is 31.7 Å². The highest BCUT2D eigenvalue weighted by Crippen LogP contribution is 2.23. The molecule has 0 aliphatic carbocycles. The molecule has 110 valence electrons. The molecule has 0 radical (unpaired) electrons. The molecule has 20 heavy (non-hydrogen) atoms. The number of halogens is 1. The molecule has 1 heterocycles. The van der Waals surface area contributed by atoms with E-state index in [0.717, 1.165) is 15.7 Å².